The van der Waals surface area contributed by atoms with Crippen LogP contribution in [0, 0.1) is 0 Å². The number of urea groups is 1. The highest BCUT2D eigenvalue weighted by Gasteiger charge is 2.41. The molecule has 1 saturated heterocycles. The van der Waals surface area contributed by atoms with Crippen LogP contribution in [0.1, 0.15) is 5.56 Å². The van der Waals surface area contributed by atoms with Gasteiger partial charge in [-0.25, -0.2) is 23.2 Å². The monoisotopic (exact) mass is 556 g/mol. The predicted octanol–water partition coefficient (Wildman–Crippen LogP) is 2.70. The van der Waals surface area contributed by atoms with E-state index in [4.69, 9.17) is 21.3 Å². The lowest BCUT2D eigenvalue weighted by Crippen LogP contribution is -2.59. The summed E-state index contributed by atoms with van der Waals surface area (Å²) in [5, 5.41) is 5.45. The molecule has 0 saturated carbocycles. The Kier molecular flexibility index (Phi) is 6.95. The topological polar surface area (TPSA) is 134 Å². The zero-order valence-electron chi connectivity index (χ0n) is 20.6. The van der Waals surface area contributed by atoms with E-state index in [1.807, 2.05) is 4.90 Å². The van der Waals surface area contributed by atoms with Crippen LogP contribution in [-0.4, -0.2) is 69.4 Å². The SMILES string of the molecule is CNC(=O)Nc1ccc(-c2ncc3c(n2)N2CCOCC2C(=O)N3Cc2ccc(S(C)(=O)=O)cc2Cl)cc1. The average molecular weight is 557 g/mol. The molecule has 1 fully saturated rings. The van der Waals surface area contributed by atoms with Crippen molar-refractivity contribution in [1.82, 2.24) is 15.3 Å². The molecule has 0 bridgehead atoms. The van der Waals surface area contributed by atoms with E-state index >= 15 is 0 Å². The molecule has 3 heterocycles. The standard InChI is InChI=1S/C25H25ClN6O5S/c1-27-25(34)29-17-6-3-15(4-7-17)22-28-12-20-23(30-22)31-9-10-37-14-21(31)24(33)32(20)13-16-5-8-18(11-19(16)26)38(2,35)36/h3-8,11-12,21H,9-10,13-14H2,1-2H3,(H2,27,29,34). The molecule has 0 aliphatic carbocycles. The first-order valence-electron chi connectivity index (χ1n) is 11.8. The molecule has 198 valence electrons. The van der Waals surface area contributed by atoms with Crippen molar-refractivity contribution in [3.8, 4) is 11.4 Å². The average Bonchev–Trinajstić information content (AvgIpc) is 2.91. The van der Waals surface area contributed by atoms with Crippen LogP contribution >= 0.6 is 11.6 Å². The van der Waals surface area contributed by atoms with Crippen LogP contribution in [0.25, 0.3) is 11.4 Å². The fourth-order valence-corrected chi connectivity index (χ4v) is 5.34. The van der Waals surface area contributed by atoms with Crippen LogP contribution in [-0.2, 0) is 25.9 Å². The van der Waals surface area contributed by atoms with Gasteiger partial charge in [0.15, 0.2) is 21.5 Å². The molecule has 0 spiro atoms. The number of nitrogens with one attached hydrogen (secondary N) is 2. The number of carbonyl (C=O) groups is 2. The number of amides is 3. The fourth-order valence-electron chi connectivity index (χ4n) is 4.38. The van der Waals surface area contributed by atoms with Gasteiger partial charge in [0, 0.05) is 36.1 Å². The highest BCUT2D eigenvalue weighted by Crippen LogP contribution is 2.38. The quantitative estimate of drug-likeness (QED) is 0.490. The Bertz CT molecular complexity index is 1520. The zero-order chi connectivity index (χ0) is 27.0. The lowest BCUT2D eigenvalue weighted by molar-refractivity contribution is -0.122. The highest BCUT2D eigenvalue weighted by molar-refractivity contribution is 7.90. The van der Waals surface area contributed by atoms with E-state index < -0.39 is 15.9 Å². The van der Waals surface area contributed by atoms with Gasteiger partial charge in [-0.2, -0.15) is 0 Å². The Morgan fingerprint density at radius 2 is 1.97 bits per heavy atom. The molecule has 2 N–H and O–H groups in total. The Morgan fingerprint density at radius 1 is 1.21 bits per heavy atom. The number of halogens is 1. The molecule has 0 radical (unpaired) electrons. The van der Waals surface area contributed by atoms with Crippen molar-refractivity contribution in [3.05, 3.63) is 59.2 Å². The third-order valence-electron chi connectivity index (χ3n) is 6.40. The van der Waals surface area contributed by atoms with Crippen molar-refractivity contribution in [2.24, 2.45) is 0 Å². The number of carbonyl (C=O) groups excluding carboxylic acids is 2. The number of ether oxygens (including phenoxy) is 1. The third kappa shape index (κ3) is 5.02. The summed E-state index contributed by atoms with van der Waals surface area (Å²) in [6.07, 6.45) is 2.72. The van der Waals surface area contributed by atoms with Gasteiger partial charge in [-0.1, -0.05) is 17.7 Å². The van der Waals surface area contributed by atoms with E-state index in [1.54, 1.807) is 41.4 Å². The van der Waals surface area contributed by atoms with Gasteiger partial charge in [-0.15, -0.1) is 0 Å². The summed E-state index contributed by atoms with van der Waals surface area (Å²) in [4.78, 5) is 38.1. The van der Waals surface area contributed by atoms with E-state index in [1.165, 1.54) is 19.2 Å². The Balaban J connectivity index is 1.50. The minimum absolute atomic E-state index is 0.105. The molecule has 1 aromatic heterocycles. The number of aromatic nitrogens is 2. The number of rotatable bonds is 5. The molecule has 1 unspecified atom stereocenters. The Hall–Kier alpha value is -3.74. The number of hydrogen-bond donors (Lipinski definition) is 2. The van der Waals surface area contributed by atoms with Crippen molar-refractivity contribution in [2.75, 3.05) is 48.2 Å². The summed E-state index contributed by atoms with van der Waals surface area (Å²) in [6.45, 7) is 1.28. The molecule has 3 amide bonds. The Morgan fingerprint density at radius 3 is 2.66 bits per heavy atom. The minimum Gasteiger partial charge on any atom is -0.377 e. The Labute approximate surface area is 224 Å². The first-order valence-corrected chi connectivity index (χ1v) is 14.0. The van der Waals surface area contributed by atoms with E-state index in [2.05, 4.69) is 15.6 Å². The third-order valence-corrected chi connectivity index (χ3v) is 7.86. The lowest BCUT2D eigenvalue weighted by Gasteiger charge is -2.44. The van der Waals surface area contributed by atoms with E-state index in [9.17, 15) is 18.0 Å². The number of sulfone groups is 1. The van der Waals surface area contributed by atoms with Gasteiger partial charge in [-0.05, 0) is 42.0 Å². The van der Waals surface area contributed by atoms with Crippen molar-refractivity contribution >= 4 is 50.6 Å². The zero-order valence-corrected chi connectivity index (χ0v) is 22.2. The van der Waals surface area contributed by atoms with Crippen molar-refractivity contribution in [3.63, 3.8) is 0 Å². The molecule has 1 atom stereocenters. The van der Waals surface area contributed by atoms with Gasteiger partial charge < -0.3 is 25.2 Å². The van der Waals surface area contributed by atoms with Gasteiger partial charge in [0.1, 0.15) is 11.7 Å². The minimum atomic E-state index is -3.42. The summed E-state index contributed by atoms with van der Waals surface area (Å²) in [6, 6.07) is 10.7. The van der Waals surface area contributed by atoms with Gasteiger partial charge >= 0.3 is 6.03 Å². The summed E-state index contributed by atoms with van der Waals surface area (Å²) >= 11 is 6.43. The molecule has 5 rings (SSSR count). The van der Waals surface area contributed by atoms with Crippen molar-refractivity contribution < 1.29 is 22.7 Å². The molecule has 2 aromatic carbocycles. The largest absolute Gasteiger partial charge is 0.377 e. The number of anilines is 3. The lowest BCUT2D eigenvalue weighted by atomic mass is 10.1. The first kappa shape index (κ1) is 25.9. The number of benzene rings is 2. The summed E-state index contributed by atoms with van der Waals surface area (Å²) in [5.74, 6) is 0.881. The second-order valence-electron chi connectivity index (χ2n) is 8.92. The van der Waals surface area contributed by atoms with Crippen LogP contribution in [0.2, 0.25) is 5.02 Å². The van der Waals surface area contributed by atoms with Crippen LogP contribution in [0.3, 0.4) is 0 Å². The van der Waals surface area contributed by atoms with Gasteiger partial charge in [0.25, 0.3) is 5.91 Å². The van der Waals surface area contributed by atoms with Crippen LogP contribution < -0.4 is 20.4 Å². The highest BCUT2D eigenvalue weighted by atomic mass is 35.5. The van der Waals surface area contributed by atoms with Crippen molar-refractivity contribution in [1.29, 1.82) is 0 Å². The molecule has 13 heteroatoms. The maximum Gasteiger partial charge on any atom is 0.318 e. The molecule has 3 aromatic rings. The van der Waals surface area contributed by atoms with Crippen LogP contribution in [0.5, 0.6) is 0 Å². The van der Waals surface area contributed by atoms with Crippen LogP contribution in [0.4, 0.5) is 22.0 Å². The first-order chi connectivity index (χ1) is 18.2. The fraction of sp³-hybridized carbons (Fsp3) is 0.280. The summed E-state index contributed by atoms with van der Waals surface area (Å²) in [7, 11) is -1.89. The van der Waals surface area contributed by atoms with E-state index in [-0.39, 0.29) is 35.0 Å². The molecule has 38 heavy (non-hydrogen) atoms. The van der Waals surface area contributed by atoms with E-state index in [0.717, 1.165) is 11.8 Å². The smallest absolute Gasteiger partial charge is 0.318 e. The van der Waals surface area contributed by atoms with Gasteiger partial charge in [0.2, 0.25) is 0 Å². The molecular formula is C25H25ClN6O5S. The summed E-state index contributed by atoms with van der Waals surface area (Å²) in [5.41, 5.74) is 2.47. The second kappa shape index (κ2) is 10.2. The van der Waals surface area contributed by atoms with Crippen LogP contribution in [0.15, 0.2) is 53.6 Å². The number of nitrogens with zero attached hydrogens (tertiary/aromatic N) is 4. The number of hydrogen-bond acceptors (Lipinski definition) is 8. The molecule has 11 nitrogen and oxygen atoms in total. The summed E-state index contributed by atoms with van der Waals surface area (Å²) < 4.78 is 29.4. The number of fused-ring (bicyclic) bond motifs is 3. The van der Waals surface area contributed by atoms with E-state index in [0.29, 0.717) is 41.7 Å². The normalized spacial score (nSPS) is 17.0. The molecule has 2 aliphatic heterocycles. The van der Waals surface area contributed by atoms with Gasteiger partial charge in [0.05, 0.1) is 30.9 Å². The maximum atomic E-state index is 13.5. The molecular weight excluding hydrogens is 532 g/mol. The maximum absolute atomic E-state index is 13.5. The van der Waals surface area contributed by atoms with Crippen molar-refractivity contribution in [2.45, 2.75) is 17.5 Å². The van der Waals surface area contributed by atoms with Gasteiger partial charge in [-0.3, -0.25) is 4.79 Å². The molecule has 2 aliphatic rings. The number of morpholine rings is 1. The second-order valence-corrected chi connectivity index (χ2v) is 11.3. The predicted molar refractivity (Wildman–Crippen MR) is 143 cm³/mol.